The summed E-state index contributed by atoms with van der Waals surface area (Å²) in [5, 5.41) is 0. The van der Waals surface area contributed by atoms with E-state index in [2.05, 4.69) is 0 Å². The van der Waals surface area contributed by atoms with Gasteiger partial charge in [-0.2, -0.15) is 0 Å². The molecule has 1 heterocycles. The van der Waals surface area contributed by atoms with Crippen molar-refractivity contribution >= 4 is 5.97 Å². The fraction of sp³-hybridized carbons (Fsp3) is 0.533. The predicted octanol–water partition coefficient (Wildman–Crippen LogP) is 2.01. The lowest BCUT2D eigenvalue weighted by Crippen LogP contribution is -2.51. The van der Waals surface area contributed by atoms with E-state index >= 15 is 0 Å². The van der Waals surface area contributed by atoms with Crippen LogP contribution >= 0.6 is 0 Å². The van der Waals surface area contributed by atoms with Gasteiger partial charge in [0, 0.05) is 20.6 Å². The lowest BCUT2D eigenvalue weighted by atomic mass is 10.0. The van der Waals surface area contributed by atoms with Crippen LogP contribution in [0.5, 0.6) is 0 Å². The Balaban J connectivity index is 2.01. The van der Waals surface area contributed by atoms with E-state index in [1.807, 2.05) is 13.0 Å². The number of benzene rings is 1. The number of methoxy groups -OCH3 is 2. The zero-order valence-electron chi connectivity index (χ0n) is 12.0. The molecule has 2 rings (SSSR count). The minimum Gasteiger partial charge on any atom is -0.454 e. The maximum absolute atomic E-state index is 12.0. The van der Waals surface area contributed by atoms with Crippen molar-refractivity contribution in [1.82, 2.24) is 0 Å². The molecular formula is C15H20O5. The third-order valence-corrected chi connectivity index (χ3v) is 3.54. The second-order valence-electron chi connectivity index (χ2n) is 4.94. The van der Waals surface area contributed by atoms with Crippen LogP contribution < -0.4 is 0 Å². The molecule has 0 N–H and O–H groups in total. The van der Waals surface area contributed by atoms with Crippen LogP contribution in [-0.4, -0.2) is 44.8 Å². The minimum atomic E-state index is -0.698. The number of carbonyl (C=O) groups excluding carboxylic acids is 1. The summed E-state index contributed by atoms with van der Waals surface area (Å²) in [6.07, 6.45) is -0.176. The van der Waals surface area contributed by atoms with Crippen molar-refractivity contribution < 1.29 is 23.7 Å². The normalized spacial score (nSPS) is 29.9. The standard InChI is InChI=1S/C15H20O5/c1-15(18-3)9-12(17-2)13(10-19-15)20-14(16)11-7-5-4-6-8-11/h4-8,12-13H,9-10H2,1-3H3. The highest BCUT2D eigenvalue weighted by atomic mass is 16.7. The van der Waals surface area contributed by atoms with Crippen molar-refractivity contribution in [1.29, 1.82) is 0 Å². The molecule has 0 aromatic heterocycles. The Morgan fingerprint density at radius 2 is 1.95 bits per heavy atom. The van der Waals surface area contributed by atoms with Crippen molar-refractivity contribution in [2.75, 3.05) is 20.8 Å². The SMILES string of the molecule is COC1CC(C)(OC)OCC1OC(=O)c1ccccc1. The second-order valence-corrected chi connectivity index (χ2v) is 4.94. The first kappa shape index (κ1) is 15.0. The van der Waals surface area contributed by atoms with E-state index in [0.717, 1.165) is 0 Å². The molecule has 3 unspecified atom stereocenters. The molecule has 20 heavy (non-hydrogen) atoms. The third-order valence-electron chi connectivity index (χ3n) is 3.54. The van der Waals surface area contributed by atoms with Crippen LogP contribution in [0.25, 0.3) is 0 Å². The van der Waals surface area contributed by atoms with Gasteiger partial charge in [0.15, 0.2) is 11.9 Å². The summed E-state index contributed by atoms with van der Waals surface area (Å²) in [7, 11) is 3.18. The highest BCUT2D eigenvalue weighted by Gasteiger charge is 2.41. The van der Waals surface area contributed by atoms with Crippen molar-refractivity contribution in [3.05, 3.63) is 35.9 Å². The van der Waals surface area contributed by atoms with E-state index in [9.17, 15) is 4.79 Å². The number of ether oxygens (including phenoxy) is 4. The molecule has 1 saturated heterocycles. The molecular weight excluding hydrogens is 260 g/mol. The van der Waals surface area contributed by atoms with E-state index < -0.39 is 11.9 Å². The summed E-state index contributed by atoms with van der Waals surface area (Å²) < 4.78 is 21.8. The Labute approximate surface area is 118 Å². The highest BCUT2D eigenvalue weighted by molar-refractivity contribution is 5.89. The monoisotopic (exact) mass is 280 g/mol. The average Bonchev–Trinajstić information content (AvgIpc) is 2.50. The summed E-state index contributed by atoms with van der Waals surface area (Å²) in [6.45, 7) is 2.09. The Morgan fingerprint density at radius 1 is 1.25 bits per heavy atom. The molecule has 0 spiro atoms. The largest absolute Gasteiger partial charge is 0.454 e. The molecule has 0 radical (unpaired) electrons. The lowest BCUT2D eigenvalue weighted by Gasteiger charge is -2.40. The van der Waals surface area contributed by atoms with Gasteiger partial charge in [-0.05, 0) is 19.1 Å². The van der Waals surface area contributed by atoms with E-state index in [0.29, 0.717) is 12.0 Å². The van der Waals surface area contributed by atoms with Crippen LogP contribution in [0.4, 0.5) is 0 Å². The lowest BCUT2D eigenvalue weighted by molar-refractivity contribution is -0.274. The van der Waals surface area contributed by atoms with Gasteiger partial charge in [0.2, 0.25) is 0 Å². The van der Waals surface area contributed by atoms with Gasteiger partial charge in [-0.3, -0.25) is 0 Å². The topological polar surface area (TPSA) is 54.0 Å². The van der Waals surface area contributed by atoms with Gasteiger partial charge in [0.1, 0.15) is 6.10 Å². The van der Waals surface area contributed by atoms with Gasteiger partial charge < -0.3 is 18.9 Å². The Kier molecular flexibility index (Phi) is 4.75. The maximum atomic E-state index is 12.0. The molecule has 1 aromatic rings. The van der Waals surface area contributed by atoms with Gasteiger partial charge >= 0.3 is 5.97 Å². The Morgan fingerprint density at radius 3 is 2.55 bits per heavy atom. The van der Waals surface area contributed by atoms with E-state index in [-0.39, 0.29) is 18.7 Å². The first-order chi connectivity index (χ1) is 9.58. The zero-order chi connectivity index (χ0) is 14.6. The van der Waals surface area contributed by atoms with Crippen LogP contribution in [0.1, 0.15) is 23.7 Å². The van der Waals surface area contributed by atoms with Gasteiger partial charge in [0.25, 0.3) is 0 Å². The third kappa shape index (κ3) is 3.36. The molecule has 1 fully saturated rings. The smallest absolute Gasteiger partial charge is 0.338 e. The molecule has 0 aliphatic carbocycles. The number of rotatable bonds is 4. The number of esters is 1. The number of hydrogen-bond donors (Lipinski definition) is 0. The first-order valence-corrected chi connectivity index (χ1v) is 6.56. The van der Waals surface area contributed by atoms with Crippen LogP contribution in [-0.2, 0) is 18.9 Å². The summed E-state index contributed by atoms with van der Waals surface area (Å²) >= 11 is 0. The van der Waals surface area contributed by atoms with Crippen LogP contribution in [0.15, 0.2) is 30.3 Å². The first-order valence-electron chi connectivity index (χ1n) is 6.56. The molecule has 1 aliphatic rings. The van der Waals surface area contributed by atoms with Gasteiger partial charge in [-0.1, -0.05) is 18.2 Å². The molecule has 1 aromatic carbocycles. The summed E-state index contributed by atoms with van der Waals surface area (Å²) in [6, 6.07) is 8.87. The van der Waals surface area contributed by atoms with Crippen LogP contribution in [0, 0.1) is 0 Å². The highest BCUT2D eigenvalue weighted by Crippen LogP contribution is 2.29. The fourth-order valence-electron chi connectivity index (χ4n) is 2.19. The molecule has 110 valence electrons. The summed E-state index contributed by atoms with van der Waals surface area (Å²) in [4.78, 5) is 12.0. The molecule has 5 nitrogen and oxygen atoms in total. The summed E-state index contributed by atoms with van der Waals surface area (Å²) in [5.41, 5.74) is 0.516. The van der Waals surface area contributed by atoms with Crippen molar-refractivity contribution in [3.8, 4) is 0 Å². The van der Waals surface area contributed by atoms with E-state index in [1.165, 1.54) is 0 Å². The van der Waals surface area contributed by atoms with Gasteiger partial charge in [-0.15, -0.1) is 0 Å². The van der Waals surface area contributed by atoms with E-state index in [1.54, 1.807) is 38.5 Å². The van der Waals surface area contributed by atoms with Crippen molar-refractivity contribution in [3.63, 3.8) is 0 Å². The quantitative estimate of drug-likeness (QED) is 0.790. The van der Waals surface area contributed by atoms with Crippen LogP contribution in [0.3, 0.4) is 0 Å². The van der Waals surface area contributed by atoms with E-state index in [4.69, 9.17) is 18.9 Å². The molecule has 1 aliphatic heterocycles. The second kappa shape index (κ2) is 6.35. The number of hydrogen-bond acceptors (Lipinski definition) is 5. The molecule has 5 heteroatoms. The van der Waals surface area contributed by atoms with Crippen molar-refractivity contribution in [2.24, 2.45) is 0 Å². The Hall–Kier alpha value is -1.43. The zero-order valence-corrected chi connectivity index (χ0v) is 12.0. The minimum absolute atomic E-state index is 0.249. The van der Waals surface area contributed by atoms with Gasteiger partial charge in [-0.25, -0.2) is 4.79 Å². The fourth-order valence-corrected chi connectivity index (χ4v) is 2.19. The molecule has 0 bridgehead atoms. The molecule has 0 saturated carbocycles. The average molecular weight is 280 g/mol. The predicted molar refractivity (Wildman–Crippen MR) is 72.4 cm³/mol. The molecule has 3 atom stereocenters. The molecule has 0 amide bonds. The maximum Gasteiger partial charge on any atom is 0.338 e. The van der Waals surface area contributed by atoms with Crippen molar-refractivity contribution in [2.45, 2.75) is 31.3 Å². The summed E-state index contributed by atoms with van der Waals surface area (Å²) in [5.74, 6) is -1.07. The van der Waals surface area contributed by atoms with Gasteiger partial charge in [0.05, 0.1) is 12.2 Å². The van der Waals surface area contributed by atoms with Crippen LogP contribution in [0.2, 0.25) is 0 Å². The number of carbonyl (C=O) groups is 1. The Bertz CT molecular complexity index is 447.